The van der Waals surface area contributed by atoms with E-state index in [4.69, 9.17) is 4.74 Å². The number of nitrogens with zero attached hydrogens (tertiary/aromatic N) is 1. The minimum atomic E-state index is -0.809. The smallest absolute Gasteiger partial charge is 0.317 e. The molecule has 0 saturated carbocycles. The number of hydrogen-bond acceptors (Lipinski definition) is 4. The van der Waals surface area contributed by atoms with Gasteiger partial charge in [-0.1, -0.05) is 6.92 Å². The van der Waals surface area contributed by atoms with Crippen LogP contribution in [0.15, 0.2) is 0 Å². The molecule has 4 atom stereocenters. The Morgan fingerprint density at radius 1 is 1.45 bits per heavy atom. The molecule has 2 fully saturated rings. The first-order valence-corrected chi connectivity index (χ1v) is 8.34. The van der Waals surface area contributed by atoms with Gasteiger partial charge in [-0.3, -0.25) is 9.00 Å². The molecule has 1 N–H and O–H groups in total. The van der Waals surface area contributed by atoms with Crippen LogP contribution in [-0.2, 0) is 20.3 Å². The first kappa shape index (κ1) is 15.3. The van der Waals surface area contributed by atoms with E-state index in [2.05, 4.69) is 5.32 Å². The molecule has 0 bridgehead atoms. The SMILES string of the molecule is COC(=O)[C@]1(C)CN(C(=O)N[C@@H]2CC[S@@](=O)C2)C[C@H]1C. The molecule has 0 spiro atoms. The monoisotopic (exact) mass is 302 g/mol. The third-order valence-electron chi connectivity index (χ3n) is 4.45. The highest BCUT2D eigenvalue weighted by molar-refractivity contribution is 7.85. The number of likely N-dealkylation sites (tertiary alicyclic amines) is 1. The Bertz CT molecular complexity index is 442. The van der Waals surface area contributed by atoms with Gasteiger partial charge in [-0.05, 0) is 19.3 Å². The van der Waals surface area contributed by atoms with E-state index in [-0.39, 0.29) is 24.0 Å². The van der Waals surface area contributed by atoms with Crippen LogP contribution < -0.4 is 5.32 Å². The number of urea groups is 1. The molecule has 0 unspecified atom stereocenters. The van der Waals surface area contributed by atoms with E-state index in [1.165, 1.54) is 7.11 Å². The maximum absolute atomic E-state index is 12.2. The lowest BCUT2D eigenvalue weighted by atomic mass is 9.81. The van der Waals surface area contributed by atoms with Crippen LogP contribution in [0.2, 0.25) is 0 Å². The van der Waals surface area contributed by atoms with Crippen molar-refractivity contribution in [2.45, 2.75) is 26.3 Å². The number of rotatable bonds is 2. The summed E-state index contributed by atoms with van der Waals surface area (Å²) >= 11 is 0. The quantitative estimate of drug-likeness (QED) is 0.747. The molecule has 0 aromatic carbocycles. The summed E-state index contributed by atoms with van der Waals surface area (Å²) < 4.78 is 16.2. The van der Waals surface area contributed by atoms with E-state index in [9.17, 15) is 13.8 Å². The zero-order chi connectivity index (χ0) is 14.9. The summed E-state index contributed by atoms with van der Waals surface area (Å²) in [5.74, 6) is 0.964. The molecule has 0 aromatic heterocycles. The van der Waals surface area contributed by atoms with Gasteiger partial charge in [0.2, 0.25) is 0 Å². The molecule has 2 heterocycles. The molecule has 2 aliphatic heterocycles. The molecule has 20 heavy (non-hydrogen) atoms. The molecular weight excluding hydrogens is 280 g/mol. The van der Waals surface area contributed by atoms with Crippen molar-refractivity contribution in [2.75, 3.05) is 31.7 Å². The van der Waals surface area contributed by atoms with Crippen LogP contribution in [0.5, 0.6) is 0 Å². The Kier molecular flexibility index (Phi) is 4.36. The summed E-state index contributed by atoms with van der Waals surface area (Å²) in [6, 6.07) is -0.183. The van der Waals surface area contributed by atoms with Gasteiger partial charge in [0.15, 0.2) is 0 Å². The molecule has 0 aromatic rings. The van der Waals surface area contributed by atoms with Crippen molar-refractivity contribution in [3.8, 4) is 0 Å². The number of esters is 1. The highest BCUT2D eigenvalue weighted by Crippen LogP contribution is 2.36. The molecule has 7 heteroatoms. The Morgan fingerprint density at radius 2 is 2.15 bits per heavy atom. The number of carbonyl (C=O) groups excluding carboxylic acids is 2. The molecular formula is C13H22N2O4S. The van der Waals surface area contributed by atoms with Crippen LogP contribution >= 0.6 is 0 Å². The lowest BCUT2D eigenvalue weighted by Crippen LogP contribution is -2.45. The number of methoxy groups -OCH3 is 1. The Balaban J connectivity index is 1.96. The minimum Gasteiger partial charge on any atom is -0.469 e. The summed E-state index contributed by atoms with van der Waals surface area (Å²) in [6.07, 6.45) is 0.760. The molecule has 2 amide bonds. The Labute approximate surface area is 121 Å². The van der Waals surface area contributed by atoms with Crippen LogP contribution in [0.3, 0.4) is 0 Å². The van der Waals surface area contributed by atoms with E-state index in [1.807, 2.05) is 13.8 Å². The van der Waals surface area contributed by atoms with E-state index in [0.717, 1.165) is 6.42 Å². The second-order valence-corrected chi connectivity index (χ2v) is 7.56. The third-order valence-corrected chi connectivity index (χ3v) is 5.91. The van der Waals surface area contributed by atoms with Crippen molar-refractivity contribution < 1.29 is 18.5 Å². The van der Waals surface area contributed by atoms with Crippen molar-refractivity contribution in [3.05, 3.63) is 0 Å². The predicted octanol–water partition coefficient (Wildman–Crippen LogP) is 0.348. The van der Waals surface area contributed by atoms with Gasteiger partial charge in [0, 0.05) is 41.4 Å². The van der Waals surface area contributed by atoms with Crippen molar-refractivity contribution in [1.82, 2.24) is 10.2 Å². The fourth-order valence-corrected chi connectivity index (χ4v) is 4.26. The first-order valence-electron chi connectivity index (χ1n) is 6.85. The van der Waals surface area contributed by atoms with Gasteiger partial charge >= 0.3 is 12.0 Å². The maximum Gasteiger partial charge on any atom is 0.317 e. The number of amides is 2. The highest BCUT2D eigenvalue weighted by Gasteiger charge is 2.48. The second-order valence-electron chi connectivity index (χ2n) is 5.94. The maximum atomic E-state index is 12.2. The predicted molar refractivity (Wildman–Crippen MR) is 75.7 cm³/mol. The number of nitrogens with one attached hydrogen (secondary N) is 1. The van der Waals surface area contributed by atoms with E-state index in [0.29, 0.717) is 24.6 Å². The van der Waals surface area contributed by atoms with E-state index >= 15 is 0 Å². The van der Waals surface area contributed by atoms with Gasteiger partial charge in [-0.15, -0.1) is 0 Å². The zero-order valence-electron chi connectivity index (χ0n) is 12.2. The number of hydrogen-bond donors (Lipinski definition) is 1. The summed E-state index contributed by atoms with van der Waals surface area (Å²) in [4.78, 5) is 25.8. The van der Waals surface area contributed by atoms with E-state index in [1.54, 1.807) is 4.90 Å². The van der Waals surface area contributed by atoms with Crippen LogP contribution in [0, 0.1) is 11.3 Å². The van der Waals surface area contributed by atoms with Gasteiger partial charge < -0.3 is 15.0 Å². The Hall–Kier alpha value is -1.11. The van der Waals surface area contributed by atoms with Crippen molar-refractivity contribution in [1.29, 1.82) is 0 Å². The zero-order valence-corrected chi connectivity index (χ0v) is 13.0. The molecule has 114 valence electrons. The summed E-state index contributed by atoms with van der Waals surface area (Å²) in [5.41, 5.74) is -0.648. The average Bonchev–Trinajstić information content (AvgIpc) is 2.94. The van der Waals surface area contributed by atoms with E-state index < -0.39 is 16.2 Å². The molecule has 2 saturated heterocycles. The average molecular weight is 302 g/mol. The summed E-state index contributed by atoms with van der Waals surface area (Å²) in [6.45, 7) is 4.69. The number of carbonyl (C=O) groups is 2. The second kappa shape index (κ2) is 5.71. The van der Waals surface area contributed by atoms with Crippen molar-refractivity contribution in [2.24, 2.45) is 11.3 Å². The number of ether oxygens (including phenoxy) is 1. The van der Waals surface area contributed by atoms with Crippen LogP contribution in [0.25, 0.3) is 0 Å². The first-order chi connectivity index (χ1) is 9.36. The molecule has 6 nitrogen and oxygen atoms in total. The summed E-state index contributed by atoms with van der Waals surface area (Å²) in [7, 11) is 0.563. The largest absolute Gasteiger partial charge is 0.469 e. The Morgan fingerprint density at radius 3 is 2.70 bits per heavy atom. The van der Waals surface area contributed by atoms with Crippen LogP contribution in [-0.4, -0.2) is 58.9 Å². The minimum absolute atomic E-state index is 0.0105. The molecule has 0 radical (unpaired) electrons. The molecule has 2 rings (SSSR count). The third kappa shape index (κ3) is 2.82. The fraction of sp³-hybridized carbons (Fsp3) is 0.846. The van der Waals surface area contributed by atoms with Crippen LogP contribution in [0.1, 0.15) is 20.3 Å². The van der Waals surface area contributed by atoms with Gasteiger partial charge in [0.1, 0.15) is 0 Å². The van der Waals surface area contributed by atoms with Crippen molar-refractivity contribution in [3.63, 3.8) is 0 Å². The van der Waals surface area contributed by atoms with Gasteiger partial charge in [0.05, 0.1) is 12.5 Å². The lowest BCUT2D eigenvalue weighted by molar-refractivity contribution is -0.152. The fourth-order valence-electron chi connectivity index (χ4n) is 2.85. The van der Waals surface area contributed by atoms with Gasteiger partial charge in [-0.25, -0.2) is 4.79 Å². The summed E-state index contributed by atoms with van der Waals surface area (Å²) in [5, 5.41) is 2.91. The van der Waals surface area contributed by atoms with Crippen molar-refractivity contribution >= 4 is 22.8 Å². The standard InChI is InChI=1S/C13H22N2O4S/c1-9-6-15(8-13(9,2)11(16)19-3)12(17)14-10-4-5-20(18)7-10/h9-10H,4-8H2,1-3H3,(H,14,17)/t9-,10-,13-,20-/m1/s1. The molecule has 0 aliphatic carbocycles. The highest BCUT2D eigenvalue weighted by atomic mass is 32.2. The normalized spacial score (nSPS) is 37.0. The van der Waals surface area contributed by atoms with Gasteiger partial charge in [-0.2, -0.15) is 0 Å². The van der Waals surface area contributed by atoms with Gasteiger partial charge in [0.25, 0.3) is 0 Å². The van der Waals surface area contributed by atoms with Crippen LogP contribution in [0.4, 0.5) is 4.79 Å². The molecule has 2 aliphatic rings. The lowest BCUT2D eigenvalue weighted by Gasteiger charge is -2.25. The topological polar surface area (TPSA) is 75.7 Å².